The molecule has 0 aliphatic carbocycles. The molecule has 2 heterocycles. The van der Waals surface area contributed by atoms with Crippen LogP contribution in [0, 0.1) is 18.7 Å². The topological polar surface area (TPSA) is 25.8 Å². The maximum Gasteiger partial charge on any atom is 0.433 e. The van der Waals surface area contributed by atoms with Crippen molar-refractivity contribution in [3.05, 3.63) is 71.3 Å². The molecule has 0 saturated heterocycles. The lowest BCUT2D eigenvalue weighted by Crippen LogP contribution is -2.10. The average molecular weight is 422 g/mol. The average Bonchev–Trinajstić information content (AvgIpc) is 2.70. The Kier molecular flexibility index (Phi) is 7.29. The molecule has 2 aromatic heterocycles. The molecule has 0 bridgehead atoms. The van der Waals surface area contributed by atoms with Crippen molar-refractivity contribution in [3.63, 3.8) is 0 Å². The molecule has 3 aromatic rings. The van der Waals surface area contributed by atoms with Crippen LogP contribution in [0.2, 0.25) is 0 Å². The molecular formula is C23H23F5N2. The number of alkyl halides is 3. The lowest BCUT2D eigenvalue weighted by molar-refractivity contribution is -0.141. The molecule has 0 amide bonds. The van der Waals surface area contributed by atoms with E-state index in [0.29, 0.717) is 22.3 Å². The van der Waals surface area contributed by atoms with Gasteiger partial charge in [0.15, 0.2) is 5.82 Å². The predicted molar refractivity (Wildman–Crippen MR) is 108 cm³/mol. The monoisotopic (exact) mass is 422 g/mol. The SMILES string of the molecule is CC.Cc1cc(-c2cnc(F)c(F)c2)ccc1-c1cnc(C(F)(F)F)cc1C(C)C. The third-order valence-corrected chi connectivity index (χ3v) is 4.49. The Bertz CT molecular complexity index is 1030. The summed E-state index contributed by atoms with van der Waals surface area (Å²) in [6, 6.07) is 7.31. The molecule has 0 fully saturated rings. The van der Waals surface area contributed by atoms with Crippen LogP contribution in [-0.4, -0.2) is 9.97 Å². The van der Waals surface area contributed by atoms with Gasteiger partial charge in [0.1, 0.15) is 5.69 Å². The van der Waals surface area contributed by atoms with Crippen molar-refractivity contribution in [2.45, 2.75) is 46.7 Å². The van der Waals surface area contributed by atoms with E-state index in [9.17, 15) is 22.0 Å². The third kappa shape index (κ3) is 5.01. The van der Waals surface area contributed by atoms with Gasteiger partial charge in [0.25, 0.3) is 0 Å². The summed E-state index contributed by atoms with van der Waals surface area (Å²) >= 11 is 0. The summed E-state index contributed by atoms with van der Waals surface area (Å²) in [7, 11) is 0. The molecule has 0 unspecified atom stereocenters. The molecular weight excluding hydrogens is 399 g/mol. The van der Waals surface area contributed by atoms with E-state index in [0.717, 1.165) is 23.3 Å². The lowest BCUT2D eigenvalue weighted by atomic mass is 9.90. The lowest BCUT2D eigenvalue weighted by Gasteiger charge is -2.17. The van der Waals surface area contributed by atoms with Gasteiger partial charge in [-0.1, -0.05) is 45.9 Å². The summed E-state index contributed by atoms with van der Waals surface area (Å²) in [5.41, 5.74) is 2.74. The first-order chi connectivity index (χ1) is 14.1. The number of rotatable bonds is 3. The second-order valence-corrected chi connectivity index (χ2v) is 6.84. The molecule has 1 aromatic carbocycles. The van der Waals surface area contributed by atoms with Crippen molar-refractivity contribution >= 4 is 0 Å². The highest BCUT2D eigenvalue weighted by atomic mass is 19.4. The van der Waals surface area contributed by atoms with Crippen molar-refractivity contribution in [2.75, 3.05) is 0 Å². The molecule has 0 aliphatic rings. The van der Waals surface area contributed by atoms with E-state index in [4.69, 9.17) is 0 Å². The minimum atomic E-state index is -4.51. The van der Waals surface area contributed by atoms with Crippen LogP contribution in [-0.2, 0) is 6.18 Å². The summed E-state index contributed by atoms with van der Waals surface area (Å²) in [5, 5.41) is 0. The number of hydrogen-bond donors (Lipinski definition) is 0. The fourth-order valence-corrected chi connectivity index (χ4v) is 3.05. The van der Waals surface area contributed by atoms with E-state index in [1.807, 2.05) is 27.7 Å². The number of aromatic nitrogens is 2. The maximum atomic E-state index is 13.4. The minimum absolute atomic E-state index is 0.145. The molecule has 3 rings (SSSR count). The molecule has 30 heavy (non-hydrogen) atoms. The Morgan fingerprint density at radius 3 is 2.03 bits per heavy atom. The Morgan fingerprint density at radius 2 is 1.50 bits per heavy atom. The molecule has 0 aliphatic heterocycles. The molecule has 160 valence electrons. The van der Waals surface area contributed by atoms with Gasteiger partial charge in [-0.05, 0) is 47.2 Å². The molecule has 2 nitrogen and oxygen atoms in total. The van der Waals surface area contributed by atoms with Crippen LogP contribution in [0.25, 0.3) is 22.3 Å². The number of aryl methyl sites for hydroxylation is 1. The minimum Gasteiger partial charge on any atom is -0.251 e. The van der Waals surface area contributed by atoms with E-state index in [-0.39, 0.29) is 5.92 Å². The van der Waals surface area contributed by atoms with Gasteiger partial charge >= 0.3 is 6.18 Å². The van der Waals surface area contributed by atoms with Gasteiger partial charge in [-0.3, -0.25) is 4.98 Å². The number of halogens is 5. The Balaban J connectivity index is 0.00000155. The van der Waals surface area contributed by atoms with Crippen LogP contribution in [0.3, 0.4) is 0 Å². The number of hydrogen-bond acceptors (Lipinski definition) is 2. The first-order valence-electron chi connectivity index (χ1n) is 9.57. The molecule has 0 N–H and O–H groups in total. The van der Waals surface area contributed by atoms with Crippen molar-refractivity contribution in [3.8, 4) is 22.3 Å². The van der Waals surface area contributed by atoms with Crippen LogP contribution in [0.15, 0.2) is 42.7 Å². The summed E-state index contributed by atoms with van der Waals surface area (Å²) < 4.78 is 65.6. The fourth-order valence-electron chi connectivity index (χ4n) is 3.05. The quantitative estimate of drug-likeness (QED) is 0.321. The van der Waals surface area contributed by atoms with Crippen LogP contribution < -0.4 is 0 Å². The highest BCUT2D eigenvalue weighted by Crippen LogP contribution is 2.36. The number of nitrogens with zero attached hydrogens (tertiary/aromatic N) is 2. The van der Waals surface area contributed by atoms with Crippen molar-refractivity contribution < 1.29 is 22.0 Å². The first-order valence-corrected chi connectivity index (χ1v) is 9.57. The van der Waals surface area contributed by atoms with Gasteiger partial charge in [0.2, 0.25) is 5.95 Å². The van der Waals surface area contributed by atoms with E-state index in [2.05, 4.69) is 9.97 Å². The van der Waals surface area contributed by atoms with Gasteiger partial charge < -0.3 is 0 Å². The summed E-state index contributed by atoms with van der Waals surface area (Å²) in [6.07, 6.45) is -2.05. The Labute approximate surface area is 172 Å². The smallest absolute Gasteiger partial charge is 0.251 e. The normalized spacial score (nSPS) is 11.3. The van der Waals surface area contributed by atoms with Gasteiger partial charge in [0, 0.05) is 23.5 Å². The van der Waals surface area contributed by atoms with Crippen LogP contribution in [0.5, 0.6) is 0 Å². The zero-order chi connectivity index (χ0) is 22.6. The fraction of sp³-hybridized carbons (Fsp3) is 0.304. The highest BCUT2D eigenvalue weighted by molar-refractivity contribution is 5.75. The van der Waals surface area contributed by atoms with Gasteiger partial charge in [0.05, 0.1) is 0 Å². The van der Waals surface area contributed by atoms with Crippen molar-refractivity contribution in [1.29, 1.82) is 0 Å². The van der Waals surface area contributed by atoms with Crippen LogP contribution >= 0.6 is 0 Å². The van der Waals surface area contributed by atoms with E-state index < -0.39 is 23.6 Å². The zero-order valence-corrected chi connectivity index (χ0v) is 17.4. The second-order valence-electron chi connectivity index (χ2n) is 6.84. The first kappa shape index (κ1) is 23.4. The van der Waals surface area contributed by atoms with Crippen LogP contribution in [0.1, 0.15) is 50.4 Å². The summed E-state index contributed by atoms with van der Waals surface area (Å²) in [4.78, 5) is 6.96. The Hall–Kier alpha value is -2.83. The van der Waals surface area contributed by atoms with Gasteiger partial charge in [-0.15, -0.1) is 0 Å². The molecule has 0 radical (unpaired) electrons. The summed E-state index contributed by atoms with van der Waals surface area (Å²) in [5.74, 6) is -2.36. The molecule has 0 saturated carbocycles. The number of pyridine rings is 2. The molecule has 0 atom stereocenters. The Morgan fingerprint density at radius 1 is 0.833 bits per heavy atom. The van der Waals surface area contributed by atoms with Gasteiger partial charge in [-0.25, -0.2) is 9.37 Å². The maximum absolute atomic E-state index is 13.4. The highest BCUT2D eigenvalue weighted by Gasteiger charge is 2.33. The van der Waals surface area contributed by atoms with Crippen molar-refractivity contribution in [1.82, 2.24) is 9.97 Å². The molecule has 7 heteroatoms. The second kappa shape index (κ2) is 9.32. The number of benzene rings is 1. The molecule has 0 spiro atoms. The summed E-state index contributed by atoms with van der Waals surface area (Å²) in [6.45, 7) is 9.43. The van der Waals surface area contributed by atoms with Crippen molar-refractivity contribution in [2.24, 2.45) is 0 Å². The van der Waals surface area contributed by atoms with E-state index >= 15 is 0 Å². The van der Waals surface area contributed by atoms with Crippen LogP contribution in [0.4, 0.5) is 22.0 Å². The van der Waals surface area contributed by atoms with E-state index in [1.165, 1.54) is 12.4 Å². The van der Waals surface area contributed by atoms with E-state index in [1.54, 1.807) is 25.1 Å². The predicted octanol–water partition coefficient (Wildman–Crippen LogP) is 7.57. The largest absolute Gasteiger partial charge is 0.433 e. The third-order valence-electron chi connectivity index (χ3n) is 4.49. The zero-order valence-electron chi connectivity index (χ0n) is 17.4. The standard InChI is InChI=1S/C21H17F5N2.C2H6/c1-11(2)16-8-19(21(24,25)26)27-10-17(16)15-5-4-13(6-12(15)3)14-7-18(22)20(23)28-9-14;1-2/h4-11H,1-3H3;1-2H3. The van der Waals surface area contributed by atoms with Gasteiger partial charge in [-0.2, -0.15) is 17.6 Å².